The molecule has 7 heteroatoms. The van der Waals surface area contributed by atoms with Crippen molar-refractivity contribution in [2.45, 2.75) is 19.9 Å². The number of ether oxygens (including phenoxy) is 1. The highest BCUT2D eigenvalue weighted by atomic mass is 32.1. The Kier molecular flexibility index (Phi) is 4.77. The van der Waals surface area contributed by atoms with Crippen LogP contribution in [0.2, 0.25) is 0 Å². The first-order chi connectivity index (χ1) is 11.2. The van der Waals surface area contributed by atoms with Gasteiger partial charge in [0.1, 0.15) is 16.6 Å². The van der Waals surface area contributed by atoms with E-state index in [1.54, 1.807) is 35.7 Å². The molecule has 0 bridgehead atoms. The van der Waals surface area contributed by atoms with Gasteiger partial charge in [0.15, 0.2) is 0 Å². The Labute approximate surface area is 137 Å². The van der Waals surface area contributed by atoms with Crippen LogP contribution in [0.4, 0.5) is 10.3 Å². The van der Waals surface area contributed by atoms with Crippen LogP contribution in [-0.2, 0) is 13.0 Å². The number of benzene rings is 1. The molecular weight excluding hydrogens is 315 g/mol. The van der Waals surface area contributed by atoms with Crippen molar-refractivity contribution in [3.05, 3.63) is 58.4 Å². The molecule has 3 aromatic rings. The highest BCUT2D eigenvalue weighted by Gasteiger charge is 2.04. The minimum absolute atomic E-state index is 0.308. The first-order valence-electron chi connectivity index (χ1n) is 7.17. The number of thiazole rings is 1. The molecule has 0 atom stereocenters. The molecule has 2 heterocycles. The lowest BCUT2D eigenvalue weighted by molar-refractivity contribution is 0.460. The largest absolute Gasteiger partial charge is 0.439 e. The fourth-order valence-electron chi connectivity index (χ4n) is 1.86. The summed E-state index contributed by atoms with van der Waals surface area (Å²) < 4.78 is 18.5. The Morgan fingerprint density at radius 1 is 1.17 bits per heavy atom. The molecule has 1 N–H and O–H groups in total. The van der Waals surface area contributed by atoms with Crippen LogP contribution >= 0.6 is 11.3 Å². The van der Waals surface area contributed by atoms with Crippen LogP contribution in [0.25, 0.3) is 0 Å². The zero-order valence-electron chi connectivity index (χ0n) is 12.5. The average Bonchev–Trinajstić information content (AvgIpc) is 3.04. The molecule has 1 aromatic carbocycles. The van der Waals surface area contributed by atoms with Gasteiger partial charge in [0, 0.05) is 23.3 Å². The van der Waals surface area contributed by atoms with Crippen LogP contribution in [0, 0.1) is 5.82 Å². The standard InChI is InChI=1S/C16H15FN4OS/c1-2-13-9-19-15(23-13)10-20-16-18-8-7-14(21-16)22-12-5-3-11(17)4-6-12/h3-9H,2,10H2,1H3,(H,18,20,21). The Hall–Kier alpha value is -2.54. The summed E-state index contributed by atoms with van der Waals surface area (Å²) in [7, 11) is 0. The SMILES string of the molecule is CCc1cnc(CNc2nccc(Oc3ccc(F)cc3)n2)s1. The summed E-state index contributed by atoms with van der Waals surface area (Å²) in [5.41, 5.74) is 0. The van der Waals surface area contributed by atoms with Crippen molar-refractivity contribution in [2.24, 2.45) is 0 Å². The van der Waals surface area contributed by atoms with E-state index in [9.17, 15) is 4.39 Å². The van der Waals surface area contributed by atoms with E-state index in [4.69, 9.17) is 4.74 Å². The van der Waals surface area contributed by atoms with E-state index in [2.05, 4.69) is 27.2 Å². The molecule has 0 aliphatic carbocycles. The van der Waals surface area contributed by atoms with Gasteiger partial charge in [0.2, 0.25) is 11.8 Å². The number of rotatable bonds is 6. The summed E-state index contributed by atoms with van der Waals surface area (Å²) in [5, 5.41) is 4.10. The predicted molar refractivity (Wildman–Crippen MR) is 87.3 cm³/mol. The highest BCUT2D eigenvalue weighted by Crippen LogP contribution is 2.20. The van der Waals surface area contributed by atoms with Gasteiger partial charge >= 0.3 is 0 Å². The minimum Gasteiger partial charge on any atom is -0.439 e. The number of nitrogens with one attached hydrogen (secondary N) is 1. The van der Waals surface area contributed by atoms with E-state index >= 15 is 0 Å². The van der Waals surface area contributed by atoms with Crippen molar-refractivity contribution in [1.29, 1.82) is 0 Å². The van der Waals surface area contributed by atoms with Gasteiger partial charge in [-0.15, -0.1) is 11.3 Å². The van der Waals surface area contributed by atoms with Gasteiger partial charge < -0.3 is 10.1 Å². The number of halogens is 1. The van der Waals surface area contributed by atoms with Gasteiger partial charge in [-0.25, -0.2) is 14.4 Å². The van der Waals surface area contributed by atoms with E-state index in [0.717, 1.165) is 11.4 Å². The molecule has 0 amide bonds. The van der Waals surface area contributed by atoms with Crippen molar-refractivity contribution in [1.82, 2.24) is 15.0 Å². The molecule has 0 radical (unpaired) electrons. The lowest BCUT2D eigenvalue weighted by atomic mass is 10.3. The van der Waals surface area contributed by atoms with Crippen molar-refractivity contribution in [3.63, 3.8) is 0 Å². The van der Waals surface area contributed by atoms with Crippen LogP contribution in [0.1, 0.15) is 16.8 Å². The molecule has 5 nitrogen and oxygen atoms in total. The molecule has 0 saturated heterocycles. The van der Waals surface area contributed by atoms with Gasteiger partial charge in [-0.3, -0.25) is 0 Å². The summed E-state index contributed by atoms with van der Waals surface area (Å²) in [6.45, 7) is 2.66. The molecule has 0 aliphatic rings. The van der Waals surface area contributed by atoms with E-state index < -0.39 is 0 Å². The molecular formula is C16H15FN4OS. The van der Waals surface area contributed by atoms with Crippen LogP contribution in [-0.4, -0.2) is 15.0 Å². The second-order valence-electron chi connectivity index (χ2n) is 4.70. The zero-order chi connectivity index (χ0) is 16.1. The van der Waals surface area contributed by atoms with Gasteiger partial charge in [0.05, 0.1) is 6.54 Å². The summed E-state index contributed by atoms with van der Waals surface area (Å²) in [4.78, 5) is 14.0. The van der Waals surface area contributed by atoms with Crippen LogP contribution < -0.4 is 10.1 Å². The van der Waals surface area contributed by atoms with Crippen molar-refractivity contribution < 1.29 is 9.13 Å². The molecule has 0 aliphatic heterocycles. The van der Waals surface area contributed by atoms with E-state index in [0.29, 0.717) is 24.1 Å². The van der Waals surface area contributed by atoms with Gasteiger partial charge in [-0.2, -0.15) is 4.98 Å². The first-order valence-corrected chi connectivity index (χ1v) is 7.98. The molecule has 0 saturated carbocycles. The minimum atomic E-state index is -0.308. The summed E-state index contributed by atoms with van der Waals surface area (Å²) in [6.07, 6.45) is 4.47. The highest BCUT2D eigenvalue weighted by molar-refractivity contribution is 7.11. The second kappa shape index (κ2) is 7.15. The number of nitrogens with zero attached hydrogens (tertiary/aromatic N) is 3. The molecule has 0 unspecified atom stereocenters. The number of aromatic nitrogens is 3. The summed E-state index contributed by atoms with van der Waals surface area (Å²) >= 11 is 1.66. The smallest absolute Gasteiger partial charge is 0.226 e. The monoisotopic (exact) mass is 330 g/mol. The third-order valence-corrected chi connectivity index (χ3v) is 4.16. The maximum atomic E-state index is 12.9. The molecule has 0 fully saturated rings. The van der Waals surface area contributed by atoms with E-state index in [1.807, 2.05) is 6.20 Å². The van der Waals surface area contributed by atoms with Gasteiger partial charge in [-0.1, -0.05) is 6.92 Å². The molecule has 3 rings (SSSR count). The van der Waals surface area contributed by atoms with Crippen LogP contribution in [0.5, 0.6) is 11.6 Å². The summed E-state index contributed by atoms with van der Waals surface area (Å²) in [5.74, 6) is 1.06. The maximum absolute atomic E-state index is 12.9. The first kappa shape index (κ1) is 15.4. The fourth-order valence-corrected chi connectivity index (χ4v) is 2.66. The Morgan fingerprint density at radius 3 is 2.74 bits per heavy atom. The third-order valence-electron chi connectivity index (χ3n) is 3.01. The lowest BCUT2D eigenvalue weighted by Crippen LogP contribution is -2.03. The second-order valence-corrected chi connectivity index (χ2v) is 5.90. The van der Waals surface area contributed by atoms with Gasteiger partial charge in [-0.05, 0) is 30.7 Å². The Balaban J connectivity index is 1.63. The number of aryl methyl sites for hydroxylation is 1. The summed E-state index contributed by atoms with van der Waals surface area (Å²) in [6, 6.07) is 7.42. The third kappa shape index (κ3) is 4.23. The van der Waals surface area contributed by atoms with Crippen LogP contribution in [0.15, 0.2) is 42.7 Å². The van der Waals surface area contributed by atoms with Gasteiger partial charge in [0.25, 0.3) is 0 Å². The number of hydrogen-bond acceptors (Lipinski definition) is 6. The van der Waals surface area contributed by atoms with Crippen LogP contribution in [0.3, 0.4) is 0 Å². The van der Waals surface area contributed by atoms with Crippen molar-refractivity contribution in [2.75, 3.05) is 5.32 Å². The average molecular weight is 330 g/mol. The predicted octanol–water partition coefficient (Wildman–Crippen LogP) is 4.04. The quantitative estimate of drug-likeness (QED) is 0.739. The van der Waals surface area contributed by atoms with E-state index in [1.165, 1.54) is 17.0 Å². The maximum Gasteiger partial charge on any atom is 0.226 e. The molecule has 118 valence electrons. The molecule has 2 aromatic heterocycles. The topological polar surface area (TPSA) is 59.9 Å². The Morgan fingerprint density at radius 2 is 2.00 bits per heavy atom. The normalized spacial score (nSPS) is 10.5. The van der Waals surface area contributed by atoms with E-state index in [-0.39, 0.29) is 5.82 Å². The fraction of sp³-hybridized carbons (Fsp3) is 0.188. The number of hydrogen-bond donors (Lipinski definition) is 1. The lowest BCUT2D eigenvalue weighted by Gasteiger charge is -2.06. The van der Waals surface area contributed by atoms with Crippen molar-refractivity contribution >= 4 is 17.3 Å². The Bertz CT molecular complexity index is 776. The molecule has 0 spiro atoms. The zero-order valence-corrected chi connectivity index (χ0v) is 13.3. The molecule has 23 heavy (non-hydrogen) atoms. The number of anilines is 1. The van der Waals surface area contributed by atoms with Crippen molar-refractivity contribution in [3.8, 4) is 11.6 Å².